The van der Waals surface area contributed by atoms with Crippen LogP contribution < -0.4 is 15.0 Å². The molecule has 0 saturated carbocycles. The molecule has 0 bridgehead atoms. The number of nitrogens with zero attached hydrogens (tertiary/aromatic N) is 1. The van der Waals surface area contributed by atoms with Crippen LogP contribution in [0.1, 0.15) is 31.4 Å². The molecule has 0 spiro atoms. The SMILES string of the molecule is CC(NC(=O)COc1cccc(N2CCCC2=O)c1)c1ccc(F)cc1. The molecule has 2 amide bonds. The maximum Gasteiger partial charge on any atom is 0.258 e. The normalized spacial score (nSPS) is 15.0. The molecule has 1 unspecified atom stereocenters. The maximum absolute atomic E-state index is 13.0. The van der Waals surface area contributed by atoms with E-state index in [-0.39, 0.29) is 30.3 Å². The Bertz CT molecular complexity index is 792. The van der Waals surface area contributed by atoms with Gasteiger partial charge in [0, 0.05) is 24.7 Å². The number of hydrogen-bond acceptors (Lipinski definition) is 3. The summed E-state index contributed by atoms with van der Waals surface area (Å²) in [5.74, 6) is 0.0521. The van der Waals surface area contributed by atoms with E-state index in [2.05, 4.69) is 5.32 Å². The van der Waals surface area contributed by atoms with Crippen molar-refractivity contribution in [1.82, 2.24) is 5.32 Å². The highest BCUT2D eigenvalue weighted by atomic mass is 19.1. The van der Waals surface area contributed by atoms with Gasteiger partial charge in [0.1, 0.15) is 11.6 Å². The number of benzene rings is 2. The number of hydrogen-bond donors (Lipinski definition) is 1. The monoisotopic (exact) mass is 356 g/mol. The molecule has 1 aliphatic heterocycles. The van der Waals surface area contributed by atoms with Crippen molar-refractivity contribution in [2.24, 2.45) is 0 Å². The Hall–Kier alpha value is -2.89. The van der Waals surface area contributed by atoms with Gasteiger partial charge in [-0.05, 0) is 43.2 Å². The van der Waals surface area contributed by atoms with Crippen LogP contribution in [-0.2, 0) is 9.59 Å². The largest absolute Gasteiger partial charge is 0.484 e. The summed E-state index contributed by atoms with van der Waals surface area (Å²) >= 11 is 0. The zero-order valence-electron chi connectivity index (χ0n) is 14.6. The molecule has 1 heterocycles. The molecule has 1 aliphatic rings. The minimum absolute atomic E-state index is 0.105. The molecular formula is C20H21FN2O3. The number of nitrogens with one attached hydrogen (secondary N) is 1. The van der Waals surface area contributed by atoms with Crippen molar-refractivity contribution >= 4 is 17.5 Å². The van der Waals surface area contributed by atoms with E-state index in [0.717, 1.165) is 17.7 Å². The summed E-state index contributed by atoms with van der Waals surface area (Å²) in [5.41, 5.74) is 1.60. The number of rotatable bonds is 6. The van der Waals surface area contributed by atoms with Crippen molar-refractivity contribution < 1.29 is 18.7 Å². The first-order valence-electron chi connectivity index (χ1n) is 8.61. The molecule has 5 nitrogen and oxygen atoms in total. The molecular weight excluding hydrogens is 335 g/mol. The van der Waals surface area contributed by atoms with Crippen molar-refractivity contribution in [3.05, 3.63) is 59.9 Å². The Kier molecular flexibility index (Phi) is 5.51. The van der Waals surface area contributed by atoms with Crippen molar-refractivity contribution in [3.63, 3.8) is 0 Å². The van der Waals surface area contributed by atoms with Crippen LogP contribution in [0.5, 0.6) is 5.75 Å². The van der Waals surface area contributed by atoms with E-state index in [9.17, 15) is 14.0 Å². The third kappa shape index (κ3) is 4.39. The maximum atomic E-state index is 13.0. The molecule has 26 heavy (non-hydrogen) atoms. The van der Waals surface area contributed by atoms with Crippen molar-refractivity contribution in [2.75, 3.05) is 18.1 Å². The number of amides is 2. The molecule has 6 heteroatoms. The highest BCUT2D eigenvalue weighted by Crippen LogP contribution is 2.25. The topological polar surface area (TPSA) is 58.6 Å². The second-order valence-corrected chi connectivity index (χ2v) is 6.28. The van der Waals surface area contributed by atoms with Gasteiger partial charge in [-0.25, -0.2) is 4.39 Å². The van der Waals surface area contributed by atoms with Gasteiger partial charge in [-0.3, -0.25) is 9.59 Å². The first-order chi connectivity index (χ1) is 12.5. The van der Waals surface area contributed by atoms with Gasteiger partial charge in [0.05, 0.1) is 6.04 Å². The lowest BCUT2D eigenvalue weighted by molar-refractivity contribution is -0.123. The van der Waals surface area contributed by atoms with E-state index in [1.165, 1.54) is 12.1 Å². The number of anilines is 1. The molecule has 2 aromatic carbocycles. The van der Waals surface area contributed by atoms with Gasteiger partial charge in [0.15, 0.2) is 6.61 Å². The fraction of sp³-hybridized carbons (Fsp3) is 0.300. The number of carbonyl (C=O) groups is 2. The summed E-state index contributed by atoms with van der Waals surface area (Å²) in [6, 6.07) is 12.9. The van der Waals surface area contributed by atoms with E-state index in [1.807, 2.05) is 13.0 Å². The Morgan fingerprint density at radius 1 is 1.27 bits per heavy atom. The molecule has 1 atom stereocenters. The quantitative estimate of drug-likeness (QED) is 0.865. The molecule has 1 saturated heterocycles. The Balaban J connectivity index is 1.54. The number of carbonyl (C=O) groups excluding carboxylic acids is 2. The number of halogens is 1. The predicted molar refractivity (Wildman–Crippen MR) is 96.5 cm³/mol. The van der Waals surface area contributed by atoms with Crippen molar-refractivity contribution in [3.8, 4) is 5.75 Å². The molecule has 2 aromatic rings. The minimum Gasteiger partial charge on any atom is -0.484 e. The van der Waals surface area contributed by atoms with E-state index in [4.69, 9.17) is 4.74 Å². The van der Waals surface area contributed by atoms with Crippen LogP contribution in [0.3, 0.4) is 0 Å². The Morgan fingerprint density at radius 2 is 2.04 bits per heavy atom. The summed E-state index contributed by atoms with van der Waals surface area (Å²) in [6.45, 7) is 2.39. The van der Waals surface area contributed by atoms with Crippen LogP contribution >= 0.6 is 0 Å². The lowest BCUT2D eigenvalue weighted by atomic mass is 10.1. The predicted octanol–water partition coefficient (Wildman–Crippen LogP) is 3.21. The molecule has 1 fully saturated rings. The second kappa shape index (κ2) is 7.99. The van der Waals surface area contributed by atoms with Gasteiger partial charge < -0.3 is 15.0 Å². The fourth-order valence-electron chi connectivity index (χ4n) is 2.93. The fourth-order valence-corrected chi connectivity index (χ4v) is 2.93. The number of ether oxygens (including phenoxy) is 1. The highest BCUT2D eigenvalue weighted by molar-refractivity contribution is 5.95. The van der Waals surface area contributed by atoms with E-state index < -0.39 is 0 Å². The average molecular weight is 356 g/mol. The molecule has 3 rings (SSSR count). The zero-order valence-corrected chi connectivity index (χ0v) is 14.6. The van der Waals surface area contributed by atoms with E-state index >= 15 is 0 Å². The van der Waals surface area contributed by atoms with Gasteiger partial charge in [-0.1, -0.05) is 18.2 Å². The smallest absolute Gasteiger partial charge is 0.258 e. The van der Waals surface area contributed by atoms with Crippen LogP contribution in [0.25, 0.3) is 0 Å². The Morgan fingerprint density at radius 3 is 2.73 bits per heavy atom. The first kappa shape index (κ1) is 17.9. The molecule has 0 aliphatic carbocycles. The lowest BCUT2D eigenvalue weighted by Crippen LogP contribution is -2.31. The first-order valence-corrected chi connectivity index (χ1v) is 8.61. The summed E-state index contributed by atoms with van der Waals surface area (Å²) < 4.78 is 18.5. The van der Waals surface area contributed by atoms with Gasteiger partial charge in [0.25, 0.3) is 5.91 Å². The van der Waals surface area contributed by atoms with Crippen molar-refractivity contribution in [1.29, 1.82) is 0 Å². The summed E-state index contributed by atoms with van der Waals surface area (Å²) in [6.07, 6.45) is 1.42. The van der Waals surface area contributed by atoms with Crippen molar-refractivity contribution in [2.45, 2.75) is 25.8 Å². The molecule has 136 valence electrons. The molecule has 0 aromatic heterocycles. The molecule has 0 radical (unpaired) electrons. The zero-order chi connectivity index (χ0) is 18.5. The average Bonchev–Trinajstić information content (AvgIpc) is 3.07. The van der Waals surface area contributed by atoms with Gasteiger partial charge in [-0.15, -0.1) is 0 Å². The summed E-state index contributed by atoms with van der Waals surface area (Å²) in [7, 11) is 0. The molecule has 1 N–H and O–H groups in total. The Labute approximate surface area is 151 Å². The summed E-state index contributed by atoms with van der Waals surface area (Å²) in [4.78, 5) is 25.6. The third-order valence-electron chi connectivity index (χ3n) is 4.32. The van der Waals surface area contributed by atoms with Gasteiger partial charge >= 0.3 is 0 Å². The third-order valence-corrected chi connectivity index (χ3v) is 4.32. The van der Waals surface area contributed by atoms with E-state index in [1.54, 1.807) is 35.2 Å². The highest BCUT2D eigenvalue weighted by Gasteiger charge is 2.21. The van der Waals surface area contributed by atoms with Gasteiger partial charge in [-0.2, -0.15) is 0 Å². The minimum atomic E-state index is -0.313. The van der Waals surface area contributed by atoms with Crippen LogP contribution in [0.2, 0.25) is 0 Å². The van der Waals surface area contributed by atoms with E-state index in [0.29, 0.717) is 18.7 Å². The van der Waals surface area contributed by atoms with Gasteiger partial charge in [0.2, 0.25) is 5.91 Å². The lowest BCUT2D eigenvalue weighted by Gasteiger charge is -2.17. The standard InChI is InChI=1S/C20H21FN2O3/c1-14(15-7-9-16(21)10-8-15)22-19(24)13-26-18-5-2-4-17(12-18)23-11-3-6-20(23)25/h2,4-5,7-10,12,14H,3,6,11,13H2,1H3,(H,22,24). The van der Waals surface area contributed by atoms with Crippen LogP contribution in [-0.4, -0.2) is 25.0 Å². The van der Waals surface area contributed by atoms with Crippen LogP contribution in [0.15, 0.2) is 48.5 Å². The summed E-state index contributed by atoms with van der Waals surface area (Å²) in [5, 5.41) is 2.81. The second-order valence-electron chi connectivity index (χ2n) is 6.28. The van der Waals surface area contributed by atoms with Crippen LogP contribution in [0, 0.1) is 5.82 Å². The van der Waals surface area contributed by atoms with Crippen LogP contribution in [0.4, 0.5) is 10.1 Å².